The Hall–Kier alpha value is -2.76. The number of nitrogens with zero attached hydrogens (tertiary/aromatic N) is 1. The molecule has 0 atom stereocenters. The second-order valence-corrected chi connectivity index (χ2v) is 4.13. The fourth-order valence-corrected chi connectivity index (χ4v) is 1.84. The average molecular weight is 275 g/mol. The molecule has 1 heterocycles. The van der Waals surface area contributed by atoms with Gasteiger partial charge < -0.3 is 9.52 Å². The number of aromatic nitrogens is 1. The van der Waals surface area contributed by atoms with Crippen LogP contribution in [0.15, 0.2) is 40.8 Å². The Labute approximate surface area is 111 Å². The molecule has 1 N–H and O–H groups in total. The number of oxazole rings is 1. The first-order chi connectivity index (χ1) is 9.54. The lowest BCUT2D eigenvalue weighted by Crippen LogP contribution is -1.94. The number of aromatic carboxylic acids is 1. The first kappa shape index (κ1) is 12.3. The molecule has 0 aliphatic rings. The van der Waals surface area contributed by atoms with E-state index in [0.717, 1.165) is 12.1 Å². The molecule has 0 aliphatic carbocycles. The molecule has 20 heavy (non-hydrogen) atoms. The van der Waals surface area contributed by atoms with Gasteiger partial charge in [0.15, 0.2) is 5.58 Å². The summed E-state index contributed by atoms with van der Waals surface area (Å²) in [6, 6.07) is 7.18. The maximum atomic E-state index is 13.6. The smallest absolute Gasteiger partial charge is 0.335 e. The highest BCUT2D eigenvalue weighted by molar-refractivity contribution is 5.92. The van der Waals surface area contributed by atoms with Crippen molar-refractivity contribution >= 4 is 17.1 Å². The van der Waals surface area contributed by atoms with Crippen molar-refractivity contribution in [3.8, 4) is 11.5 Å². The Bertz CT molecular complexity index is 826. The second kappa shape index (κ2) is 4.41. The molecule has 3 rings (SSSR count). The number of carboxylic acids is 1. The molecule has 3 aromatic rings. The molecule has 0 saturated heterocycles. The quantitative estimate of drug-likeness (QED) is 0.777. The number of hydrogen-bond acceptors (Lipinski definition) is 3. The van der Waals surface area contributed by atoms with Crippen LogP contribution in [0, 0.1) is 11.6 Å². The topological polar surface area (TPSA) is 63.3 Å². The van der Waals surface area contributed by atoms with Gasteiger partial charge in [0, 0.05) is 6.07 Å². The van der Waals surface area contributed by atoms with Gasteiger partial charge in [-0.1, -0.05) is 0 Å². The lowest BCUT2D eigenvalue weighted by molar-refractivity contribution is 0.0697. The van der Waals surface area contributed by atoms with E-state index in [-0.39, 0.29) is 22.6 Å². The van der Waals surface area contributed by atoms with Gasteiger partial charge in [-0.15, -0.1) is 0 Å². The Morgan fingerprint density at radius 2 is 1.95 bits per heavy atom. The third-order valence-electron chi connectivity index (χ3n) is 2.80. The molecule has 0 unspecified atom stereocenters. The first-order valence-electron chi connectivity index (χ1n) is 5.64. The summed E-state index contributed by atoms with van der Waals surface area (Å²) in [5.74, 6) is -2.62. The summed E-state index contributed by atoms with van der Waals surface area (Å²) in [5, 5.41) is 8.88. The number of fused-ring (bicyclic) bond motifs is 1. The van der Waals surface area contributed by atoms with E-state index in [9.17, 15) is 13.6 Å². The Morgan fingerprint density at radius 3 is 2.65 bits per heavy atom. The summed E-state index contributed by atoms with van der Waals surface area (Å²) in [7, 11) is 0. The number of rotatable bonds is 2. The molecule has 1 aromatic heterocycles. The van der Waals surface area contributed by atoms with Crippen LogP contribution in [-0.4, -0.2) is 16.1 Å². The van der Waals surface area contributed by atoms with Gasteiger partial charge in [0.1, 0.15) is 17.2 Å². The second-order valence-electron chi connectivity index (χ2n) is 4.13. The highest BCUT2D eigenvalue weighted by Gasteiger charge is 2.14. The molecule has 100 valence electrons. The predicted molar refractivity (Wildman–Crippen MR) is 66.3 cm³/mol. The Morgan fingerprint density at radius 1 is 1.15 bits per heavy atom. The first-order valence-corrected chi connectivity index (χ1v) is 5.64. The Kier molecular flexibility index (Phi) is 2.71. The van der Waals surface area contributed by atoms with Gasteiger partial charge in [-0.2, -0.15) is 0 Å². The minimum atomic E-state index is -1.10. The molecule has 0 saturated carbocycles. The van der Waals surface area contributed by atoms with Crippen molar-refractivity contribution in [2.24, 2.45) is 0 Å². The normalized spacial score (nSPS) is 10.9. The molecule has 0 spiro atoms. The highest BCUT2D eigenvalue weighted by Crippen LogP contribution is 2.27. The van der Waals surface area contributed by atoms with E-state index in [1.165, 1.54) is 24.3 Å². The summed E-state index contributed by atoms with van der Waals surface area (Å²) < 4.78 is 31.8. The SMILES string of the molecule is O=C(O)c1ccc2nc(-c3ccc(F)cc3F)oc2c1. The van der Waals surface area contributed by atoms with Crippen molar-refractivity contribution in [1.82, 2.24) is 4.98 Å². The minimum absolute atomic E-state index is 0.0134. The van der Waals surface area contributed by atoms with Gasteiger partial charge in [0.25, 0.3) is 0 Å². The summed E-state index contributed by atoms with van der Waals surface area (Å²) >= 11 is 0. The molecule has 6 heteroatoms. The third-order valence-corrected chi connectivity index (χ3v) is 2.80. The van der Waals surface area contributed by atoms with E-state index in [1.807, 2.05) is 0 Å². The maximum Gasteiger partial charge on any atom is 0.335 e. The molecule has 0 bridgehead atoms. The zero-order valence-corrected chi connectivity index (χ0v) is 9.93. The van der Waals surface area contributed by atoms with Crippen molar-refractivity contribution in [3.05, 3.63) is 53.6 Å². The van der Waals surface area contributed by atoms with Crippen molar-refractivity contribution in [3.63, 3.8) is 0 Å². The molecular weight excluding hydrogens is 268 g/mol. The largest absolute Gasteiger partial charge is 0.478 e. The van der Waals surface area contributed by atoms with Crippen LogP contribution < -0.4 is 0 Å². The third kappa shape index (κ3) is 2.01. The van der Waals surface area contributed by atoms with Crippen LogP contribution in [-0.2, 0) is 0 Å². The number of carbonyl (C=O) groups is 1. The number of halogens is 2. The van der Waals surface area contributed by atoms with E-state index in [2.05, 4.69) is 4.98 Å². The van der Waals surface area contributed by atoms with E-state index in [0.29, 0.717) is 5.52 Å². The molecular formula is C14H7F2NO3. The van der Waals surface area contributed by atoms with Crippen LogP contribution in [0.25, 0.3) is 22.6 Å². The summed E-state index contributed by atoms with van der Waals surface area (Å²) in [5.41, 5.74) is 0.677. The maximum absolute atomic E-state index is 13.6. The van der Waals surface area contributed by atoms with Crippen molar-refractivity contribution < 1.29 is 23.1 Å². The number of benzene rings is 2. The molecule has 0 radical (unpaired) electrons. The average Bonchev–Trinajstić information content (AvgIpc) is 2.80. The van der Waals surface area contributed by atoms with Gasteiger partial charge in [0.05, 0.1) is 11.1 Å². The fourth-order valence-electron chi connectivity index (χ4n) is 1.84. The van der Waals surface area contributed by atoms with Crippen LogP contribution >= 0.6 is 0 Å². The van der Waals surface area contributed by atoms with Crippen LogP contribution in [0.5, 0.6) is 0 Å². The van der Waals surface area contributed by atoms with Crippen LogP contribution in [0.1, 0.15) is 10.4 Å². The number of hydrogen-bond donors (Lipinski definition) is 1. The van der Waals surface area contributed by atoms with Gasteiger partial charge >= 0.3 is 5.97 Å². The lowest BCUT2D eigenvalue weighted by Gasteiger charge is -1.97. The van der Waals surface area contributed by atoms with E-state index >= 15 is 0 Å². The lowest BCUT2D eigenvalue weighted by atomic mass is 10.2. The highest BCUT2D eigenvalue weighted by atomic mass is 19.1. The summed E-state index contributed by atoms with van der Waals surface area (Å²) in [6.07, 6.45) is 0. The van der Waals surface area contributed by atoms with Crippen molar-refractivity contribution in [2.45, 2.75) is 0 Å². The van der Waals surface area contributed by atoms with Gasteiger partial charge in [0.2, 0.25) is 5.89 Å². The molecule has 0 aliphatic heterocycles. The van der Waals surface area contributed by atoms with Crippen LogP contribution in [0.3, 0.4) is 0 Å². The van der Waals surface area contributed by atoms with Crippen LogP contribution in [0.2, 0.25) is 0 Å². The monoisotopic (exact) mass is 275 g/mol. The molecule has 0 amide bonds. The van der Waals surface area contributed by atoms with E-state index < -0.39 is 17.6 Å². The minimum Gasteiger partial charge on any atom is -0.478 e. The fraction of sp³-hybridized carbons (Fsp3) is 0. The van der Waals surface area contributed by atoms with E-state index in [4.69, 9.17) is 9.52 Å². The predicted octanol–water partition coefficient (Wildman–Crippen LogP) is 3.47. The van der Waals surface area contributed by atoms with Gasteiger partial charge in [-0.25, -0.2) is 18.6 Å². The van der Waals surface area contributed by atoms with Crippen LogP contribution in [0.4, 0.5) is 8.78 Å². The Balaban J connectivity index is 2.15. The zero-order chi connectivity index (χ0) is 14.3. The van der Waals surface area contributed by atoms with Gasteiger partial charge in [-0.3, -0.25) is 0 Å². The zero-order valence-electron chi connectivity index (χ0n) is 9.93. The summed E-state index contributed by atoms with van der Waals surface area (Å²) in [4.78, 5) is 14.9. The standard InChI is InChI=1S/C14H7F2NO3/c15-8-2-3-9(10(16)6-8)13-17-11-4-1-7(14(18)19)5-12(11)20-13/h1-6H,(H,18,19). The number of carboxylic acid groups (broad SMARTS) is 1. The van der Waals surface area contributed by atoms with Crippen molar-refractivity contribution in [1.29, 1.82) is 0 Å². The molecule has 4 nitrogen and oxygen atoms in total. The molecule has 0 fully saturated rings. The van der Waals surface area contributed by atoms with E-state index in [1.54, 1.807) is 0 Å². The van der Waals surface area contributed by atoms with Crippen molar-refractivity contribution in [2.75, 3.05) is 0 Å². The molecule has 2 aromatic carbocycles. The summed E-state index contributed by atoms with van der Waals surface area (Å²) in [6.45, 7) is 0. The van der Waals surface area contributed by atoms with Gasteiger partial charge in [-0.05, 0) is 30.3 Å².